The molecule has 1 atom stereocenters. The summed E-state index contributed by atoms with van der Waals surface area (Å²) < 4.78 is 0. The highest BCUT2D eigenvalue weighted by molar-refractivity contribution is 5.84. The molecule has 0 amide bonds. The summed E-state index contributed by atoms with van der Waals surface area (Å²) in [5, 5.41) is 4.87. The van der Waals surface area contributed by atoms with Crippen molar-refractivity contribution in [1.29, 1.82) is 0 Å². The molecule has 0 fully saturated rings. The van der Waals surface area contributed by atoms with Crippen molar-refractivity contribution in [3.8, 4) is 0 Å². The average molecular weight is 306 g/mol. The van der Waals surface area contributed by atoms with Gasteiger partial charge < -0.3 is 10.3 Å². The highest BCUT2D eigenvalue weighted by Gasteiger charge is 2.21. The van der Waals surface area contributed by atoms with Crippen LogP contribution in [0.5, 0.6) is 0 Å². The second-order valence-corrected chi connectivity index (χ2v) is 6.37. The van der Waals surface area contributed by atoms with Crippen molar-refractivity contribution in [3.05, 3.63) is 59.9 Å². The third-order valence-electron chi connectivity index (χ3n) is 4.55. The molecule has 2 N–H and O–H groups in total. The highest BCUT2D eigenvalue weighted by atomic mass is 15.2. The van der Waals surface area contributed by atoms with Crippen LogP contribution in [0.15, 0.2) is 48.7 Å². The number of anilines is 1. The molecule has 3 heterocycles. The van der Waals surface area contributed by atoms with Crippen molar-refractivity contribution in [2.45, 2.75) is 25.9 Å². The van der Waals surface area contributed by atoms with Crippen molar-refractivity contribution in [2.24, 2.45) is 0 Å². The zero-order valence-electron chi connectivity index (χ0n) is 13.4. The third-order valence-corrected chi connectivity index (χ3v) is 4.55. The Morgan fingerprint density at radius 3 is 2.96 bits per heavy atom. The van der Waals surface area contributed by atoms with Gasteiger partial charge in [-0.25, -0.2) is 4.98 Å². The molecule has 0 bridgehead atoms. The van der Waals surface area contributed by atoms with Crippen LogP contribution in [-0.2, 0) is 13.0 Å². The number of H-pyrrole nitrogens is 1. The molecule has 3 aromatic rings. The Balaban J connectivity index is 1.44. The molecule has 0 aliphatic carbocycles. The summed E-state index contributed by atoms with van der Waals surface area (Å²) in [5.74, 6) is 0.948. The van der Waals surface area contributed by atoms with E-state index in [1.807, 2.05) is 24.4 Å². The molecular weight excluding hydrogens is 284 g/mol. The lowest BCUT2D eigenvalue weighted by Gasteiger charge is -2.29. The number of pyridine rings is 1. The predicted molar refractivity (Wildman–Crippen MR) is 94.6 cm³/mol. The van der Waals surface area contributed by atoms with E-state index in [4.69, 9.17) is 0 Å². The van der Waals surface area contributed by atoms with E-state index in [1.54, 1.807) is 0 Å². The number of fused-ring (bicyclic) bond motifs is 3. The molecule has 1 unspecified atom stereocenters. The van der Waals surface area contributed by atoms with Crippen LogP contribution in [0.1, 0.15) is 18.2 Å². The lowest BCUT2D eigenvalue weighted by molar-refractivity contribution is 0.245. The molecule has 0 saturated carbocycles. The molecular formula is C19H22N4. The number of benzene rings is 1. The van der Waals surface area contributed by atoms with Gasteiger partial charge in [-0.05, 0) is 37.1 Å². The van der Waals surface area contributed by atoms with Crippen LogP contribution in [0, 0.1) is 0 Å². The number of rotatable bonds is 4. The maximum atomic E-state index is 4.34. The molecule has 118 valence electrons. The lowest BCUT2D eigenvalue weighted by Crippen LogP contribution is -2.38. The predicted octanol–water partition coefficient (Wildman–Crippen LogP) is 3.42. The Hall–Kier alpha value is -2.33. The quantitative estimate of drug-likeness (QED) is 0.776. The molecule has 1 aliphatic rings. The van der Waals surface area contributed by atoms with E-state index in [1.165, 1.54) is 22.2 Å². The van der Waals surface area contributed by atoms with E-state index >= 15 is 0 Å². The van der Waals surface area contributed by atoms with Crippen molar-refractivity contribution in [1.82, 2.24) is 14.9 Å². The monoisotopic (exact) mass is 306 g/mol. The highest BCUT2D eigenvalue weighted by Crippen LogP contribution is 2.27. The van der Waals surface area contributed by atoms with Gasteiger partial charge in [0.2, 0.25) is 0 Å². The Morgan fingerprint density at radius 2 is 2.09 bits per heavy atom. The van der Waals surface area contributed by atoms with E-state index in [-0.39, 0.29) is 0 Å². The van der Waals surface area contributed by atoms with Gasteiger partial charge >= 0.3 is 0 Å². The van der Waals surface area contributed by atoms with Gasteiger partial charge in [0.25, 0.3) is 0 Å². The van der Waals surface area contributed by atoms with Crippen molar-refractivity contribution in [2.75, 3.05) is 18.4 Å². The summed E-state index contributed by atoms with van der Waals surface area (Å²) in [7, 11) is 0. The van der Waals surface area contributed by atoms with E-state index in [2.05, 4.69) is 51.4 Å². The van der Waals surface area contributed by atoms with Gasteiger partial charge in [0.1, 0.15) is 5.82 Å². The number of hydrogen-bond acceptors (Lipinski definition) is 3. The minimum Gasteiger partial charge on any atom is -0.366 e. The largest absolute Gasteiger partial charge is 0.366 e. The van der Waals surface area contributed by atoms with E-state index in [0.29, 0.717) is 6.04 Å². The van der Waals surface area contributed by atoms with Gasteiger partial charge in [0.05, 0.1) is 0 Å². The van der Waals surface area contributed by atoms with Crippen LogP contribution < -0.4 is 5.32 Å². The van der Waals surface area contributed by atoms with Gasteiger partial charge in [-0.15, -0.1) is 0 Å². The summed E-state index contributed by atoms with van der Waals surface area (Å²) in [6.45, 7) is 5.35. The Morgan fingerprint density at radius 1 is 1.22 bits per heavy atom. The van der Waals surface area contributed by atoms with Gasteiger partial charge in [-0.3, -0.25) is 4.90 Å². The molecule has 2 aromatic heterocycles. The van der Waals surface area contributed by atoms with Crippen molar-refractivity contribution in [3.63, 3.8) is 0 Å². The Labute approximate surface area is 136 Å². The maximum Gasteiger partial charge on any atom is 0.126 e. The van der Waals surface area contributed by atoms with Crippen LogP contribution in [0.3, 0.4) is 0 Å². The zero-order valence-corrected chi connectivity index (χ0v) is 13.4. The van der Waals surface area contributed by atoms with Gasteiger partial charge in [0, 0.05) is 48.5 Å². The second kappa shape index (κ2) is 6.05. The number of nitrogens with zero attached hydrogens (tertiary/aromatic N) is 2. The maximum absolute atomic E-state index is 4.34. The van der Waals surface area contributed by atoms with Crippen LogP contribution in [-0.4, -0.2) is 34.0 Å². The normalized spacial score (nSPS) is 16.2. The van der Waals surface area contributed by atoms with Crippen molar-refractivity contribution < 1.29 is 0 Å². The first-order valence-electron chi connectivity index (χ1n) is 8.28. The standard InChI is InChI=1S/C19H22N4/c1-14(21-19-8-4-5-10-20-19)12-23-11-9-16-15-6-2-3-7-17(15)22-18(16)13-23/h2-8,10,14,22H,9,11-13H2,1H3,(H,20,21). The fourth-order valence-electron chi connectivity index (χ4n) is 3.54. The number of para-hydroxylation sites is 1. The first-order chi connectivity index (χ1) is 11.3. The molecule has 4 heteroatoms. The smallest absolute Gasteiger partial charge is 0.126 e. The van der Waals surface area contributed by atoms with Gasteiger partial charge in [-0.1, -0.05) is 24.3 Å². The zero-order chi connectivity index (χ0) is 15.6. The first-order valence-corrected chi connectivity index (χ1v) is 8.28. The molecule has 1 aromatic carbocycles. The van der Waals surface area contributed by atoms with E-state index in [9.17, 15) is 0 Å². The topological polar surface area (TPSA) is 44.0 Å². The SMILES string of the molecule is CC(CN1CCc2c([nH]c3ccccc23)C1)Nc1ccccn1. The molecule has 4 nitrogen and oxygen atoms in total. The summed E-state index contributed by atoms with van der Waals surface area (Å²) in [6, 6.07) is 15.0. The average Bonchev–Trinajstić information content (AvgIpc) is 2.93. The molecule has 0 radical (unpaired) electrons. The Bertz CT molecular complexity index is 793. The van der Waals surface area contributed by atoms with E-state index in [0.717, 1.165) is 31.9 Å². The minimum atomic E-state index is 0.371. The van der Waals surface area contributed by atoms with Gasteiger partial charge in [-0.2, -0.15) is 0 Å². The molecule has 0 spiro atoms. The van der Waals surface area contributed by atoms with Gasteiger partial charge in [0.15, 0.2) is 0 Å². The summed E-state index contributed by atoms with van der Waals surface area (Å²) >= 11 is 0. The van der Waals surface area contributed by atoms with E-state index < -0.39 is 0 Å². The summed E-state index contributed by atoms with van der Waals surface area (Å²) in [5.41, 5.74) is 4.14. The fraction of sp³-hybridized carbons (Fsp3) is 0.316. The van der Waals surface area contributed by atoms with Crippen LogP contribution in [0.4, 0.5) is 5.82 Å². The number of hydrogen-bond donors (Lipinski definition) is 2. The molecule has 4 rings (SSSR count). The first kappa shape index (κ1) is 14.3. The molecule has 23 heavy (non-hydrogen) atoms. The molecule has 0 saturated heterocycles. The summed E-state index contributed by atoms with van der Waals surface area (Å²) in [6.07, 6.45) is 2.95. The Kier molecular flexibility index (Phi) is 3.75. The lowest BCUT2D eigenvalue weighted by atomic mass is 10.0. The number of aromatic amines is 1. The number of nitrogens with one attached hydrogen (secondary N) is 2. The minimum absolute atomic E-state index is 0.371. The van der Waals surface area contributed by atoms with Crippen LogP contribution >= 0.6 is 0 Å². The molecule has 1 aliphatic heterocycles. The summed E-state index contributed by atoms with van der Waals surface area (Å²) in [4.78, 5) is 10.4. The van der Waals surface area contributed by atoms with Crippen LogP contribution in [0.2, 0.25) is 0 Å². The number of aromatic nitrogens is 2. The third kappa shape index (κ3) is 2.94. The fourth-order valence-corrected chi connectivity index (χ4v) is 3.54. The second-order valence-electron chi connectivity index (χ2n) is 6.37. The van der Waals surface area contributed by atoms with Crippen LogP contribution in [0.25, 0.3) is 10.9 Å². The van der Waals surface area contributed by atoms with Crippen molar-refractivity contribution >= 4 is 16.7 Å².